The van der Waals surface area contributed by atoms with Crippen molar-refractivity contribution >= 4 is 33.7 Å². The molecule has 0 bridgehead atoms. The first-order chi connectivity index (χ1) is 15.2. The normalized spacial score (nSPS) is 13.1. The second-order valence-electron chi connectivity index (χ2n) is 7.51. The molecule has 0 radical (unpaired) electrons. The highest BCUT2D eigenvalue weighted by Crippen LogP contribution is 2.34. The lowest BCUT2D eigenvalue weighted by atomic mass is 9.98. The number of nitrogens with zero attached hydrogens (tertiary/aromatic N) is 3. The Morgan fingerprint density at radius 3 is 2.39 bits per heavy atom. The molecule has 6 rings (SSSR count). The number of para-hydroxylation sites is 2. The van der Waals surface area contributed by atoms with Crippen LogP contribution in [0.3, 0.4) is 0 Å². The van der Waals surface area contributed by atoms with E-state index in [-0.39, 0.29) is 11.7 Å². The zero-order valence-electron chi connectivity index (χ0n) is 16.5. The molecule has 5 aromatic rings. The molecule has 0 atom stereocenters. The van der Waals surface area contributed by atoms with Gasteiger partial charge in [-0.05, 0) is 23.8 Å². The molecule has 1 aliphatic rings. The zero-order valence-corrected chi connectivity index (χ0v) is 16.5. The SMILES string of the molecule is O=C(c1oc(=O)c2ccccc2c1-c1ccccc1)N1CCn2c1nc1ccccc12. The zero-order chi connectivity index (χ0) is 20.9. The minimum Gasteiger partial charge on any atom is -0.416 e. The molecule has 3 heterocycles. The third-order valence-corrected chi connectivity index (χ3v) is 5.76. The number of fused-ring (bicyclic) bond motifs is 4. The summed E-state index contributed by atoms with van der Waals surface area (Å²) < 4.78 is 7.68. The summed E-state index contributed by atoms with van der Waals surface area (Å²) >= 11 is 0. The van der Waals surface area contributed by atoms with E-state index in [2.05, 4.69) is 4.98 Å². The van der Waals surface area contributed by atoms with Crippen LogP contribution in [0, 0.1) is 0 Å². The van der Waals surface area contributed by atoms with Crippen molar-refractivity contribution < 1.29 is 9.21 Å². The van der Waals surface area contributed by atoms with Gasteiger partial charge in [0.2, 0.25) is 11.7 Å². The van der Waals surface area contributed by atoms with Crippen LogP contribution in [0.25, 0.3) is 32.9 Å². The van der Waals surface area contributed by atoms with E-state index in [0.717, 1.165) is 16.6 Å². The molecule has 2 aromatic heterocycles. The average Bonchev–Trinajstić information content (AvgIpc) is 3.38. The summed E-state index contributed by atoms with van der Waals surface area (Å²) in [7, 11) is 0. The number of anilines is 1. The second kappa shape index (κ2) is 6.67. The van der Waals surface area contributed by atoms with E-state index in [1.807, 2.05) is 71.3 Å². The van der Waals surface area contributed by atoms with Gasteiger partial charge in [0.15, 0.2) is 0 Å². The minimum absolute atomic E-state index is 0.0374. The molecule has 0 spiro atoms. The van der Waals surface area contributed by atoms with Gasteiger partial charge in [-0.25, -0.2) is 9.78 Å². The standard InChI is InChI=1S/C25H17N3O3/c29-23(28-15-14-27-20-13-7-6-12-19(20)26-25(27)28)22-21(16-8-2-1-3-9-16)17-10-4-5-11-18(17)24(30)31-22/h1-13H,14-15H2. The summed E-state index contributed by atoms with van der Waals surface area (Å²) in [5, 5.41) is 1.15. The number of aromatic nitrogens is 2. The molecule has 1 aliphatic heterocycles. The van der Waals surface area contributed by atoms with Crippen LogP contribution >= 0.6 is 0 Å². The van der Waals surface area contributed by atoms with Crippen molar-refractivity contribution in [3.05, 3.63) is 95.0 Å². The Kier molecular flexibility index (Phi) is 3.80. The summed E-state index contributed by atoms with van der Waals surface area (Å²) in [6.45, 7) is 1.11. The van der Waals surface area contributed by atoms with E-state index >= 15 is 0 Å². The average molecular weight is 407 g/mol. The van der Waals surface area contributed by atoms with E-state index < -0.39 is 5.63 Å². The van der Waals surface area contributed by atoms with Gasteiger partial charge in [0, 0.05) is 24.0 Å². The summed E-state index contributed by atoms with van der Waals surface area (Å²) in [4.78, 5) is 32.7. The number of benzene rings is 3. The van der Waals surface area contributed by atoms with Crippen LogP contribution in [0.5, 0.6) is 0 Å². The monoisotopic (exact) mass is 407 g/mol. The first-order valence-corrected chi connectivity index (χ1v) is 10.1. The Bertz CT molecular complexity index is 1530. The maximum atomic E-state index is 13.7. The van der Waals surface area contributed by atoms with Crippen LogP contribution in [-0.4, -0.2) is 22.0 Å². The number of rotatable bonds is 2. The van der Waals surface area contributed by atoms with Gasteiger partial charge in [-0.2, -0.15) is 0 Å². The third-order valence-electron chi connectivity index (χ3n) is 5.76. The maximum Gasteiger partial charge on any atom is 0.344 e. The quantitative estimate of drug-likeness (QED) is 0.433. The number of imidazole rings is 1. The van der Waals surface area contributed by atoms with Crippen LogP contribution in [0.2, 0.25) is 0 Å². The molecule has 150 valence electrons. The van der Waals surface area contributed by atoms with Gasteiger partial charge in [-0.3, -0.25) is 9.69 Å². The lowest BCUT2D eigenvalue weighted by Crippen LogP contribution is -2.30. The van der Waals surface area contributed by atoms with Crippen LogP contribution < -0.4 is 10.5 Å². The van der Waals surface area contributed by atoms with Gasteiger partial charge < -0.3 is 8.98 Å². The van der Waals surface area contributed by atoms with Gasteiger partial charge in [0.05, 0.1) is 16.4 Å². The Morgan fingerprint density at radius 2 is 1.55 bits per heavy atom. The smallest absolute Gasteiger partial charge is 0.344 e. The first kappa shape index (κ1) is 17.7. The van der Waals surface area contributed by atoms with Crippen LogP contribution in [0.1, 0.15) is 10.6 Å². The van der Waals surface area contributed by atoms with E-state index in [1.54, 1.807) is 17.0 Å². The summed E-state index contributed by atoms with van der Waals surface area (Å²) in [5.41, 5.74) is 2.73. The molecule has 3 aromatic carbocycles. The molecule has 0 unspecified atom stereocenters. The van der Waals surface area contributed by atoms with Gasteiger partial charge >= 0.3 is 5.63 Å². The highest BCUT2D eigenvalue weighted by atomic mass is 16.4. The molecule has 31 heavy (non-hydrogen) atoms. The molecular formula is C25H17N3O3. The third kappa shape index (κ3) is 2.61. The minimum atomic E-state index is -0.522. The number of hydrogen-bond acceptors (Lipinski definition) is 4. The Hall–Kier alpha value is -4.19. The second-order valence-corrected chi connectivity index (χ2v) is 7.51. The summed E-state index contributed by atoms with van der Waals surface area (Å²) in [5.74, 6) is 0.243. The van der Waals surface area contributed by atoms with Crippen molar-refractivity contribution in [2.75, 3.05) is 11.4 Å². The van der Waals surface area contributed by atoms with Crippen LogP contribution in [0.4, 0.5) is 5.95 Å². The van der Waals surface area contributed by atoms with Gasteiger partial charge in [0.25, 0.3) is 5.91 Å². The molecule has 0 N–H and O–H groups in total. The maximum absolute atomic E-state index is 13.7. The fraction of sp³-hybridized carbons (Fsp3) is 0.0800. The topological polar surface area (TPSA) is 68.3 Å². The summed E-state index contributed by atoms with van der Waals surface area (Å²) in [6.07, 6.45) is 0. The fourth-order valence-corrected chi connectivity index (χ4v) is 4.35. The Morgan fingerprint density at radius 1 is 0.839 bits per heavy atom. The Balaban J connectivity index is 1.58. The van der Waals surface area contributed by atoms with E-state index in [4.69, 9.17) is 4.42 Å². The van der Waals surface area contributed by atoms with Crippen molar-refractivity contribution in [1.82, 2.24) is 9.55 Å². The van der Waals surface area contributed by atoms with Crippen molar-refractivity contribution in [1.29, 1.82) is 0 Å². The molecule has 0 saturated carbocycles. The van der Waals surface area contributed by atoms with Crippen molar-refractivity contribution in [2.45, 2.75) is 6.54 Å². The first-order valence-electron chi connectivity index (χ1n) is 10.1. The molecule has 6 nitrogen and oxygen atoms in total. The molecule has 0 aliphatic carbocycles. The van der Waals surface area contributed by atoms with E-state index in [9.17, 15) is 9.59 Å². The predicted octanol–water partition coefficient (Wildman–Crippen LogP) is 4.47. The van der Waals surface area contributed by atoms with Crippen molar-refractivity contribution in [3.8, 4) is 11.1 Å². The summed E-state index contributed by atoms with van der Waals surface area (Å²) in [6, 6.07) is 24.6. The largest absolute Gasteiger partial charge is 0.416 e. The molecule has 1 amide bonds. The van der Waals surface area contributed by atoms with E-state index in [1.165, 1.54) is 0 Å². The number of amides is 1. The lowest BCUT2D eigenvalue weighted by Gasteiger charge is -2.16. The van der Waals surface area contributed by atoms with Gasteiger partial charge in [-0.15, -0.1) is 0 Å². The van der Waals surface area contributed by atoms with E-state index in [0.29, 0.717) is 35.4 Å². The molecule has 0 fully saturated rings. The molecule has 6 heteroatoms. The fourth-order valence-electron chi connectivity index (χ4n) is 4.35. The number of carbonyl (C=O) groups excluding carboxylic acids is 1. The Labute approximate surface area is 177 Å². The van der Waals surface area contributed by atoms with Gasteiger partial charge in [-0.1, -0.05) is 60.7 Å². The lowest BCUT2D eigenvalue weighted by molar-refractivity contribution is 0.0959. The molecule has 0 saturated heterocycles. The van der Waals surface area contributed by atoms with Gasteiger partial charge in [0.1, 0.15) is 0 Å². The van der Waals surface area contributed by atoms with Crippen LogP contribution in [-0.2, 0) is 6.54 Å². The highest BCUT2D eigenvalue weighted by Gasteiger charge is 2.33. The van der Waals surface area contributed by atoms with Crippen molar-refractivity contribution in [3.63, 3.8) is 0 Å². The highest BCUT2D eigenvalue weighted by molar-refractivity contribution is 6.13. The number of hydrogen-bond donors (Lipinski definition) is 0. The predicted molar refractivity (Wildman–Crippen MR) is 119 cm³/mol. The molecular weight excluding hydrogens is 390 g/mol. The van der Waals surface area contributed by atoms with Crippen molar-refractivity contribution in [2.24, 2.45) is 0 Å². The number of carbonyl (C=O) groups is 1. The van der Waals surface area contributed by atoms with Crippen LogP contribution in [0.15, 0.2) is 88.1 Å².